The zero-order chi connectivity index (χ0) is 30.6. The summed E-state index contributed by atoms with van der Waals surface area (Å²) in [5, 5.41) is 25.5. The Morgan fingerprint density at radius 1 is 1.20 bits per heavy atom. The highest BCUT2D eigenvalue weighted by Crippen LogP contribution is 2.33. The number of nitrogens with one attached hydrogen (secondary N) is 1. The third-order valence-corrected chi connectivity index (χ3v) is 6.95. The predicted molar refractivity (Wildman–Crippen MR) is 151 cm³/mol. The Kier molecular flexibility index (Phi) is 5.44. The van der Waals surface area contributed by atoms with Crippen LogP contribution >= 0.6 is 11.6 Å². The van der Waals surface area contributed by atoms with E-state index in [-0.39, 0.29) is 28.8 Å². The molecule has 12 nitrogen and oxygen atoms in total. The standard InChI is InChI=1S/C27H25ClN10O2/c1-14-10-17(15(2)31-19-7-8-21(28)32-23(19)25-33-35-37(4)34-25)24-18(11-14)27(40)36(3)26-22(30-13-38(24)26)16-6-5-9-29-20(16)12-39/h5-11,13,15,31,39H,12H2,1-4H3/i4D3. The summed E-state index contributed by atoms with van der Waals surface area (Å²) in [5.41, 5.74) is 4.90. The number of fused-ring (bicyclic) bond motifs is 3. The molecule has 1 aromatic carbocycles. The molecule has 1 atom stereocenters. The van der Waals surface area contributed by atoms with Gasteiger partial charge in [-0.3, -0.25) is 18.7 Å². The Hall–Kier alpha value is -4.68. The molecule has 0 spiro atoms. The van der Waals surface area contributed by atoms with Crippen LogP contribution in [0.3, 0.4) is 0 Å². The Morgan fingerprint density at radius 3 is 2.83 bits per heavy atom. The van der Waals surface area contributed by atoms with E-state index in [9.17, 15) is 9.90 Å². The van der Waals surface area contributed by atoms with Gasteiger partial charge in [0, 0.05) is 22.9 Å². The van der Waals surface area contributed by atoms with Crippen molar-refractivity contribution >= 4 is 33.8 Å². The van der Waals surface area contributed by atoms with Crippen molar-refractivity contribution in [3.8, 4) is 22.8 Å². The molecule has 40 heavy (non-hydrogen) atoms. The number of rotatable bonds is 6. The minimum absolute atomic E-state index is 0.0194. The maximum absolute atomic E-state index is 13.8. The summed E-state index contributed by atoms with van der Waals surface area (Å²) in [7, 11) is 1.69. The number of imidazole rings is 1. The number of hydrogen-bond donors (Lipinski definition) is 2. The van der Waals surface area contributed by atoms with Gasteiger partial charge in [-0.25, -0.2) is 9.97 Å². The first-order chi connectivity index (χ1) is 20.5. The predicted octanol–water partition coefficient (Wildman–Crippen LogP) is 3.46. The molecule has 0 radical (unpaired) electrons. The van der Waals surface area contributed by atoms with Crippen molar-refractivity contribution in [2.24, 2.45) is 14.0 Å². The molecule has 5 aromatic heterocycles. The quantitative estimate of drug-likeness (QED) is 0.293. The summed E-state index contributed by atoms with van der Waals surface area (Å²) >= 11 is 6.19. The minimum atomic E-state index is -2.61. The Bertz CT molecular complexity index is 2090. The summed E-state index contributed by atoms with van der Waals surface area (Å²) in [6.07, 6.45) is 3.24. The maximum atomic E-state index is 13.8. The second-order valence-corrected chi connectivity index (χ2v) is 9.74. The van der Waals surface area contributed by atoms with E-state index in [0.717, 1.165) is 11.1 Å². The number of halogens is 1. The van der Waals surface area contributed by atoms with Crippen LogP contribution in [0.2, 0.25) is 5.15 Å². The number of anilines is 1. The molecular formula is C27H25ClN10O2. The van der Waals surface area contributed by atoms with E-state index >= 15 is 0 Å². The number of pyridine rings is 2. The summed E-state index contributed by atoms with van der Waals surface area (Å²) < 4.78 is 26.1. The number of hydrogen-bond acceptors (Lipinski definition) is 9. The second-order valence-electron chi connectivity index (χ2n) is 9.36. The molecule has 5 heterocycles. The summed E-state index contributed by atoms with van der Waals surface area (Å²) in [4.78, 5) is 27.6. The van der Waals surface area contributed by atoms with E-state index in [2.05, 4.69) is 35.7 Å². The number of aromatic nitrogens is 9. The first-order valence-electron chi connectivity index (χ1n) is 13.8. The van der Waals surface area contributed by atoms with Crippen molar-refractivity contribution in [1.82, 2.24) is 44.1 Å². The lowest BCUT2D eigenvalue weighted by Gasteiger charge is -2.21. The largest absolute Gasteiger partial charge is 0.390 e. The van der Waals surface area contributed by atoms with E-state index in [1.165, 1.54) is 0 Å². The van der Waals surface area contributed by atoms with Crippen LogP contribution in [0.1, 0.15) is 33.9 Å². The van der Waals surface area contributed by atoms with Gasteiger partial charge < -0.3 is 10.4 Å². The Morgan fingerprint density at radius 2 is 2.05 bits per heavy atom. The maximum Gasteiger partial charge on any atom is 0.261 e. The lowest BCUT2D eigenvalue weighted by molar-refractivity contribution is 0.277. The van der Waals surface area contributed by atoms with Crippen molar-refractivity contribution in [3.05, 3.63) is 81.3 Å². The third-order valence-electron chi connectivity index (χ3n) is 6.74. The number of tetrazole rings is 1. The number of nitrogens with zero attached hydrogens (tertiary/aromatic N) is 9. The van der Waals surface area contributed by atoms with Crippen molar-refractivity contribution < 1.29 is 9.22 Å². The van der Waals surface area contributed by atoms with Crippen LogP contribution in [0.25, 0.3) is 39.3 Å². The molecule has 0 aliphatic carbocycles. The van der Waals surface area contributed by atoms with Crippen LogP contribution in [0, 0.1) is 6.92 Å². The van der Waals surface area contributed by atoms with Crippen LogP contribution in [-0.2, 0) is 20.6 Å². The first-order valence-corrected chi connectivity index (χ1v) is 12.6. The van der Waals surface area contributed by atoms with Gasteiger partial charge in [0.15, 0.2) is 0 Å². The molecule has 0 fully saturated rings. The average Bonchev–Trinajstić information content (AvgIpc) is 3.65. The highest BCUT2D eigenvalue weighted by Gasteiger charge is 2.23. The molecule has 0 aliphatic rings. The molecule has 202 valence electrons. The molecule has 1 unspecified atom stereocenters. The molecule has 0 saturated carbocycles. The van der Waals surface area contributed by atoms with Gasteiger partial charge in [-0.2, -0.15) is 4.80 Å². The van der Waals surface area contributed by atoms with E-state index in [0.29, 0.717) is 44.0 Å². The highest BCUT2D eigenvalue weighted by molar-refractivity contribution is 6.29. The minimum Gasteiger partial charge on any atom is -0.390 e. The van der Waals surface area contributed by atoms with Crippen molar-refractivity contribution in [2.75, 3.05) is 5.32 Å². The van der Waals surface area contributed by atoms with Gasteiger partial charge in [0.25, 0.3) is 5.56 Å². The normalized spacial score (nSPS) is 13.8. The molecule has 0 amide bonds. The second kappa shape index (κ2) is 9.81. The summed E-state index contributed by atoms with van der Waals surface area (Å²) in [6.45, 7) is 0.939. The SMILES string of the molecule is [2H]C([2H])([2H])n1nnc(-c2nc(Cl)ccc2NC(C)c2cc(C)cc3c(=O)n(C)c4c(-c5cccnc5CO)ncn4c23)n1. The van der Waals surface area contributed by atoms with E-state index in [1.807, 2.05) is 30.4 Å². The zero-order valence-corrected chi connectivity index (χ0v) is 22.4. The van der Waals surface area contributed by atoms with Crippen LogP contribution in [0.5, 0.6) is 0 Å². The Labute approximate surface area is 237 Å². The molecule has 0 aliphatic heterocycles. The van der Waals surface area contributed by atoms with Crippen LogP contribution in [0.4, 0.5) is 5.69 Å². The fourth-order valence-electron chi connectivity index (χ4n) is 4.98. The van der Waals surface area contributed by atoms with Gasteiger partial charge in [0.2, 0.25) is 5.82 Å². The first kappa shape index (κ1) is 22.2. The molecule has 0 saturated heterocycles. The zero-order valence-electron chi connectivity index (χ0n) is 24.7. The fraction of sp³-hybridized carbons (Fsp3) is 0.222. The van der Waals surface area contributed by atoms with Crippen molar-refractivity contribution in [3.63, 3.8) is 0 Å². The summed E-state index contributed by atoms with van der Waals surface area (Å²) in [5.74, 6) is -0.0194. The van der Waals surface area contributed by atoms with Gasteiger partial charge in [-0.05, 0) is 60.5 Å². The van der Waals surface area contributed by atoms with Crippen LogP contribution < -0.4 is 10.9 Å². The average molecular weight is 560 g/mol. The lowest BCUT2D eigenvalue weighted by atomic mass is 10.0. The monoisotopic (exact) mass is 559 g/mol. The third kappa shape index (κ3) is 4.17. The van der Waals surface area contributed by atoms with Gasteiger partial charge in [0.1, 0.15) is 28.5 Å². The molecule has 0 bridgehead atoms. The molecule has 6 rings (SSSR count). The number of benzene rings is 1. The topological polar surface area (TPSA) is 141 Å². The van der Waals surface area contributed by atoms with Gasteiger partial charge in [-0.1, -0.05) is 17.7 Å². The van der Waals surface area contributed by atoms with Gasteiger partial charge >= 0.3 is 0 Å². The number of aliphatic hydroxyl groups excluding tert-OH is 1. The molecular weight excluding hydrogens is 532 g/mol. The number of aryl methyl sites for hydroxylation is 3. The number of aliphatic hydroxyl groups is 1. The van der Waals surface area contributed by atoms with Gasteiger partial charge in [0.05, 0.1) is 41.9 Å². The lowest BCUT2D eigenvalue weighted by Crippen LogP contribution is -2.21. The van der Waals surface area contributed by atoms with E-state index in [1.54, 1.807) is 48.4 Å². The fourth-order valence-corrected chi connectivity index (χ4v) is 5.13. The highest BCUT2D eigenvalue weighted by atomic mass is 35.5. The van der Waals surface area contributed by atoms with Crippen LogP contribution in [0.15, 0.2) is 53.7 Å². The van der Waals surface area contributed by atoms with E-state index in [4.69, 9.17) is 15.7 Å². The van der Waals surface area contributed by atoms with Crippen molar-refractivity contribution in [2.45, 2.75) is 26.5 Å². The molecule has 6 aromatic rings. The summed E-state index contributed by atoms with van der Waals surface area (Å²) in [6, 6.07) is 10.2. The Balaban J connectivity index is 1.52. The molecule has 2 N–H and O–H groups in total. The van der Waals surface area contributed by atoms with Crippen molar-refractivity contribution in [1.29, 1.82) is 0 Å². The van der Waals surface area contributed by atoms with E-state index < -0.39 is 13.0 Å². The van der Waals surface area contributed by atoms with Gasteiger partial charge in [-0.15, -0.1) is 10.2 Å². The smallest absolute Gasteiger partial charge is 0.261 e. The molecule has 13 heteroatoms. The van der Waals surface area contributed by atoms with Crippen LogP contribution in [-0.4, -0.2) is 49.2 Å².